The Kier molecular flexibility index (Phi) is 6.13. The summed E-state index contributed by atoms with van der Waals surface area (Å²) in [5.74, 6) is 0.182. The number of carbonyl (C=O) groups is 1. The van der Waals surface area contributed by atoms with Crippen LogP contribution < -0.4 is 4.74 Å². The van der Waals surface area contributed by atoms with E-state index in [4.69, 9.17) is 16.3 Å². The second-order valence-corrected chi connectivity index (χ2v) is 7.30. The molecular weight excluding hydrogens is 389 g/mol. The average molecular weight is 408 g/mol. The SMILES string of the molecule is CCn1ncc(Cl)c1CN(C)C(=O)c1cc(COc2ccc(F)cc2)cs1. The maximum absolute atomic E-state index is 12.9. The number of hydrogen-bond donors (Lipinski definition) is 0. The second-order valence-electron chi connectivity index (χ2n) is 5.98. The topological polar surface area (TPSA) is 47.4 Å². The van der Waals surface area contributed by atoms with Crippen LogP contribution >= 0.6 is 22.9 Å². The molecule has 8 heteroatoms. The van der Waals surface area contributed by atoms with Gasteiger partial charge < -0.3 is 9.64 Å². The highest BCUT2D eigenvalue weighted by molar-refractivity contribution is 7.12. The first-order valence-electron chi connectivity index (χ1n) is 8.39. The van der Waals surface area contributed by atoms with Gasteiger partial charge in [0, 0.05) is 19.2 Å². The van der Waals surface area contributed by atoms with Gasteiger partial charge >= 0.3 is 0 Å². The van der Waals surface area contributed by atoms with E-state index in [1.54, 1.807) is 35.0 Å². The zero-order valence-electron chi connectivity index (χ0n) is 15.0. The third kappa shape index (κ3) is 4.67. The zero-order chi connectivity index (χ0) is 19.4. The van der Waals surface area contributed by atoms with Crippen LogP contribution in [0.15, 0.2) is 41.9 Å². The molecule has 142 valence electrons. The Hall–Kier alpha value is -2.38. The summed E-state index contributed by atoms with van der Waals surface area (Å²) >= 11 is 7.54. The summed E-state index contributed by atoms with van der Waals surface area (Å²) in [6.45, 7) is 3.35. The summed E-state index contributed by atoms with van der Waals surface area (Å²) in [7, 11) is 1.74. The van der Waals surface area contributed by atoms with Crippen molar-refractivity contribution in [1.82, 2.24) is 14.7 Å². The minimum absolute atomic E-state index is 0.0899. The Morgan fingerprint density at radius 1 is 1.37 bits per heavy atom. The van der Waals surface area contributed by atoms with Gasteiger partial charge in [0.25, 0.3) is 5.91 Å². The van der Waals surface area contributed by atoms with Crippen LogP contribution in [0.2, 0.25) is 5.02 Å². The van der Waals surface area contributed by atoms with Crippen molar-refractivity contribution in [2.24, 2.45) is 0 Å². The van der Waals surface area contributed by atoms with Gasteiger partial charge in [-0.05, 0) is 42.6 Å². The number of aromatic nitrogens is 2. The highest BCUT2D eigenvalue weighted by Crippen LogP contribution is 2.22. The molecule has 0 aliphatic rings. The van der Waals surface area contributed by atoms with E-state index in [-0.39, 0.29) is 11.7 Å². The van der Waals surface area contributed by atoms with Gasteiger partial charge in [-0.25, -0.2) is 4.39 Å². The first-order chi connectivity index (χ1) is 13.0. The van der Waals surface area contributed by atoms with Gasteiger partial charge in [-0.15, -0.1) is 11.3 Å². The van der Waals surface area contributed by atoms with E-state index in [1.807, 2.05) is 18.4 Å². The third-order valence-electron chi connectivity index (χ3n) is 4.01. The van der Waals surface area contributed by atoms with Gasteiger partial charge in [-0.3, -0.25) is 9.48 Å². The van der Waals surface area contributed by atoms with E-state index in [0.717, 1.165) is 11.3 Å². The molecule has 2 heterocycles. The summed E-state index contributed by atoms with van der Waals surface area (Å²) in [5, 5.41) is 6.63. The second kappa shape index (κ2) is 8.54. The van der Waals surface area contributed by atoms with Crippen LogP contribution in [0.3, 0.4) is 0 Å². The number of amides is 1. The Balaban J connectivity index is 1.62. The lowest BCUT2D eigenvalue weighted by Crippen LogP contribution is -2.27. The van der Waals surface area contributed by atoms with Crippen molar-refractivity contribution in [3.63, 3.8) is 0 Å². The summed E-state index contributed by atoms with van der Waals surface area (Å²) < 4.78 is 20.3. The first-order valence-corrected chi connectivity index (χ1v) is 9.65. The van der Waals surface area contributed by atoms with Gasteiger partial charge in [0.15, 0.2) is 0 Å². The van der Waals surface area contributed by atoms with Crippen molar-refractivity contribution in [2.75, 3.05) is 7.05 Å². The van der Waals surface area contributed by atoms with E-state index in [1.165, 1.54) is 23.5 Å². The molecule has 0 saturated heterocycles. The van der Waals surface area contributed by atoms with Gasteiger partial charge in [0.1, 0.15) is 18.2 Å². The number of carbonyl (C=O) groups excluding carboxylic acids is 1. The monoisotopic (exact) mass is 407 g/mol. The number of thiophene rings is 1. The number of aryl methyl sites for hydroxylation is 1. The number of hydrogen-bond acceptors (Lipinski definition) is 4. The Morgan fingerprint density at radius 3 is 2.81 bits per heavy atom. The van der Waals surface area contributed by atoms with Crippen LogP contribution in [0.5, 0.6) is 5.75 Å². The third-order valence-corrected chi connectivity index (χ3v) is 5.30. The zero-order valence-corrected chi connectivity index (χ0v) is 16.6. The fourth-order valence-electron chi connectivity index (χ4n) is 2.56. The van der Waals surface area contributed by atoms with Crippen molar-refractivity contribution in [1.29, 1.82) is 0 Å². The molecule has 5 nitrogen and oxygen atoms in total. The van der Waals surface area contributed by atoms with Crippen LogP contribution in [0.4, 0.5) is 4.39 Å². The smallest absolute Gasteiger partial charge is 0.264 e. The quantitative estimate of drug-likeness (QED) is 0.574. The highest BCUT2D eigenvalue weighted by Gasteiger charge is 2.18. The average Bonchev–Trinajstić information content (AvgIpc) is 3.28. The van der Waals surface area contributed by atoms with Crippen LogP contribution in [-0.4, -0.2) is 27.6 Å². The molecule has 1 amide bonds. The van der Waals surface area contributed by atoms with Crippen LogP contribution in [0.1, 0.15) is 27.9 Å². The number of benzene rings is 1. The van der Waals surface area contributed by atoms with E-state index in [2.05, 4.69) is 5.10 Å². The first kappa shape index (κ1) is 19.4. The molecular formula is C19H19ClFN3O2S. The molecule has 0 unspecified atom stereocenters. The molecule has 3 rings (SSSR count). The molecule has 0 aliphatic carbocycles. The number of halogens is 2. The van der Waals surface area contributed by atoms with Crippen molar-refractivity contribution in [3.05, 3.63) is 68.9 Å². The Labute approximate surface area is 165 Å². The molecule has 1 aromatic carbocycles. The Morgan fingerprint density at radius 2 is 2.11 bits per heavy atom. The fourth-order valence-corrected chi connectivity index (χ4v) is 3.65. The van der Waals surface area contributed by atoms with Gasteiger partial charge in [-0.2, -0.15) is 5.10 Å². The molecule has 0 saturated carbocycles. The lowest BCUT2D eigenvalue weighted by Gasteiger charge is -2.17. The van der Waals surface area contributed by atoms with Gasteiger partial charge in [0.2, 0.25) is 0 Å². The minimum Gasteiger partial charge on any atom is -0.489 e. The van der Waals surface area contributed by atoms with Crippen molar-refractivity contribution < 1.29 is 13.9 Å². The molecule has 0 N–H and O–H groups in total. The fraction of sp³-hybridized carbons (Fsp3) is 0.263. The standard InChI is InChI=1S/C19H19ClFN3O2S/c1-3-24-17(16(20)9-22-24)10-23(2)19(25)18-8-13(12-27-18)11-26-15-6-4-14(21)5-7-15/h4-9,12H,3,10-11H2,1-2H3. The maximum atomic E-state index is 12.9. The number of nitrogens with zero attached hydrogens (tertiary/aromatic N) is 3. The van der Waals surface area contributed by atoms with Crippen molar-refractivity contribution in [2.45, 2.75) is 26.6 Å². The summed E-state index contributed by atoms with van der Waals surface area (Å²) in [6, 6.07) is 7.65. The van der Waals surface area contributed by atoms with Gasteiger partial charge in [-0.1, -0.05) is 11.6 Å². The summed E-state index contributed by atoms with van der Waals surface area (Å²) in [6.07, 6.45) is 1.59. The molecule has 0 radical (unpaired) electrons. The molecule has 0 spiro atoms. The maximum Gasteiger partial charge on any atom is 0.264 e. The van der Waals surface area contributed by atoms with Gasteiger partial charge in [0.05, 0.1) is 28.3 Å². The normalized spacial score (nSPS) is 10.8. The van der Waals surface area contributed by atoms with Crippen LogP contribution in [0.25, 0.3) is 0 Å². The number of ether oxygens (including phenoxy) is 1. The van der Waals surface area contributed by atoms with Crippen LogP contribution in [-0.2, 0) is 19.7 Å². The van der Waals surface area contributed by atoms with E-state index in [9.17, 15) is 9.18 Å². The molecule has 0 fully saturated rings. The molecule has 27 heavy (non-hydrogen) atoms. The van der Waals surface area contributed by atoms with Crippen LogP contribution in [0, 0.1) is 5.82 Å². The largest absolute Gasteiger partial charge is 0.489 e. The van der Waals surface area contributed by atoms with Crippen molar-refractivity contribution in [3.8, 4) is 5.75 Å². The van der Waals surface area contributed by atoms with E-state index in [0.29, 0.717) is 35.3 Å². The minimum atomic E-state index is -0.307. The molecule has 0 aliphatic heterocycles. The lowest BCUT2D eigenvalue weighted by atomic mass is 10.3. The molecule has 0 bridgehead atoms. The molecule has 2 aromatic heterocycles. The van der Waals surface area contributed by atoms with E-state index < -0.39 is 0 Å². The molecule has 3 aromatic rings. The lowest BCUT2D eigenvalue weighted by molar-refractivity contribution is 0.0786. The summed E-state index contributed by atoms with van der Waals surface area (Å²) in [5.41, 5.74) is 1.70. The summed E-state index contributed by atoms with van der Waals surface area (Å²) in [4.78, 5) is 14.9. The Bertz CT molecular complexity index is 923. The number of rotatable bonds is 7. The van der Waals surface area contributed by atoms with E-state index >= 15 is 0 Å². The predicted octanol–water partition coefficient (Wildman–Crippen LogP) is 4.61. The van der Waals surface area contributed by atoms with Crippen molar-refractivity contribution >= 4 is 28.8 Å². The molecule has 0 atom stereocenters. The highest BCUT2D eigenvalue weighted by atomic mass is 35.5. The predicted molar refractivity (Wildman–Crippen MR) is 104 cm³/mol.